The smallest absolute Gasteiger partial charge is 0.286 e. The van der Waals surface area contributed by atoms with E-state index in [0.29, 0.717) is 0 Å². The summed E-state index contributed by atoms with van der Waals surface area (Å²) < 4.78 is 51.9. The SMILES string of the molecule is O=C(c1ccccc1)C(F)(F)S(=O)(=O)c1ccccc1. The number of carbonyl (C=O) groups excluding carboxylic acids is 1. The Hall–Kier alpha value is -2.08. The number of Topliss-reactive ketones (excluding diaryl/α,β-unsaturated/α-hetero) is 1. The lowest BCUT2D eigenvalue weighted by Crippen LogP contribution is -2.37. The van der Waals surface area contributed by atoms with Crippen LogP contribution in [0.2, 0.25) is 0 Å². The molecule has 0 aromatic heterocycles. The normalized spacial score (nSPS) is 12.1. The van der Waals surface area contributed by atoms with Gasteiger partial charge in [0.2, 0.25) is 5.78 Å². The van der Waals surface area contributed by atoms with Crippen molar-refractivity contribution in [3.63, 3.8) is 0 Å². The van der Waals surface area contributed by atoms with Crippen molar-refractivity contribution in [2.75, 3.05) is 0 Å². The highest BCUT2D eigenvalue weighted by molar-refractivity contribution is 7.93. The molecule has 3 nitrogen and oxygen atoms in total. The highest BCUT2D eigenvalue weighted by atomic mass is 32.2. The van der Waals surface area contributed by atoms with Crippen molar-refractivity contribution in [1.29, 1.82) is 0 Å². The molecule has 2 aromatic rings. The Bertz CT molecular complexity index is 711. The number of sulfone groups is 1. The Labute approximate surface area is 114 Å². The molecule has 0 unspecified atom stereocenters. The minimum absolute atomic E-state index is 0.350. The minimum Gasteiger partial charge on any atom is -0.286 e. The standard InChI is InChI=1S/C14H10F2O3S/c15-14(16,13(17)11-7-3-1-4-8-11)20(18,19)12-9-5-2-6-10-12/h1-10H. The molecular formula is C14H10F2O3S. The third kappa shape index (κ3) is 2.34. The molecule has 0 radical (unpaired) electrons. The highest BCUT2D eigenvalue weighted by Crippen LogP contribution is 2.32. The maximum Gasteiger partial charge on any atom is 0.411 e. The van der Waals surface area contributed by atoms with E-state index in [1.54, 1.807) is 6.07 Å². The summed E-state index contributed by atoms with van der Waals surface area (Å²) in [4.78, 5) is 11.2. The van der Waals surface area contributed by atoms with Crippen molar-refractivity contribution in [3.05, 3.63) is 66.2 Å². The maximum absolute atomic E-state index is 14.0. The van der Waals surface area contributed by atoms with E-state index in [-0.39, 0.29) is 5.56 Å². The average molecular weight is 296 g/mol. The molecule has 0 aliphatic rings. The predicted molar refractivity (Wildman–Crippen MR) is 69.3 cm³/mol. The van der Waals surface area contributed by atoms with E-state index in [9.17, 15) is 22.0 Å². The molecule has 6 heteroatoms. The summed E-state index contributed by atoms with van der Waals surface area (Å²) in [6.07, 6.45) is 0. The second kappa shape index (κ2) is 5.13. The zero-order valence-electron chi connectivity index (χ0n) is 10.2. The third-order valence-electron chi connectivity index (χ3n) is 2.69. The molecule has 0 saturated heterocycles. The molecule has 2 rings (SSSR count). The number of ketones is 1. The monoisotopic (exact) mass is 296 g/mol. The van der Waals surface area contributed by atoms with Gasteiger partial charge < -0.3 is 0 Å². The van der Waals surface area contributed by atoms with E-state index in [0.717, 1.165) is 24.3 Å². The van der Waals surface area contributed by atoms with E-state index in [4.69, 9.17) is 0 Å². The van der Waals surface area contributed by atoms with Crippen molar-refractivity contribution in [2.24, 2.45) is 0 Å². The lowest BCUT2D eigenvalue weighted by Gasteiger charge is -2.15. The molecular weight excluding hydrogens is 286 g/mol. The molecule has 0 atom stereocenters. The number of benzene rings is 2. The Balaban J connectivity index is 2.48. The Kier molecular flexibility index (Phi) is 3.67. The number of carbonyl (C=O) groups is 1. The number of rotatable bonds is 4. The summed E-state index contributed by atoms with van der Waals surface area (Å²) >= 11 is 0. The Morgan fingerprint density at radius 2 is 1.30 bits per heavy atom. The van der Waals surface area contributed by atoms with Crippen LogP contribution >= 0.6 is 0 Å². The highest BCUT2D eigenvalue weighted by Gasteiger charge is 2.53. The zero-order valence-corrected chi connectivity index (χ0v) is 11.0. The van der Waals surface area contributed by atoms with Crippen LogP contribution in [-0.4, -0.2) is 19.5 Å². The van der Waals surface area contributed by atoms with E-state index in [1.807, 2.05) is 0 Å². The molecule has 0 N–H and O–H groups in total. The first-order valence-corrected chi connectivity index (χ1v) is 7.13. The molecule has 0 aliphatic heterocycles. The van der Waals surface area contributed by atoms with Crippen LogP contribution in [-0.2, 0) is 9.84 Å². The van der Waals surface area contributed by atoms with Crippen molar-refractivity contribution < 1.29 is 22.0 Å². The quantitative estimate of drug-likeness (QED) is 0.815. The molecule has 0 fully saturated rings. The van der Waals surface area contributed by atoms with Crippen LogP contribution in [0, 0.1) is 0 Å². The second-order valence-electron chi connectivity index (χ2n) is 4.03. The maximum atomic E-state index is 14.0. The third-order valence-corrected chi connectivity index (χ3v) is 4.44. The topological polar surface area (TPSA) is 51.2 Å². The molecule has 104 valence electrons. The average Bonchev–Trinajstić information content (AvgIpc) is 2.48. The fourth-order valence-corrected chi connectivity index (χ4v) is 2.80. The van der Waals surface area contributed by atoms with Crippen LogP contribution in [0.4, 0.5) is 8.78 Å². The first-order chi connectivity index (χ1) is 9.37. The fourth-order valence-electron chi connectivity index (χ4n) is 1.63. The van der Waals surface area contributed by atoms with E-state index >= 15 is 0 Å². The lowest BCUT2D eigenvalue weighted by molar-refractivity contribution is 0.0527. The molecule has 0 heterocycles. The number of alkyl halides is 2. The van der Waals surface area contributed by atoms with Gasteiger partial charge in [-0.25, -0.2) is 8.42 Å². The molecule has 0 amide bonds. The molecule has 0 saturated carbocycles. The van der Waals surface area contributed by atoms with Crippen LogP contribution < -0.4 is 0 Å². The summed E-state index contributed by atoms with van der Waals surface area (Å²) in [5.41, 5.74) is -0.350. The van der Waals surface area contributed by atoms with Crippen LogP contribution in [0.5, 0.6) is 0 Å². The van der Waals surface area contributed by atoms with Gasteiger partial charge in [0.05, 0.1) is 4.90 Å². The Morgan fingerprint density at radius 3 is 1.80 bits per heavy atom. The lowest BCUT2D eigenvalue weighted by atomic mass is 10.1. The van der Waals surface area contributed by atoms with Gasteiger partial charge in [-0.15, -0.1) is 0 Å². The van der Waals surface area contributed by atoms with Crippen molar-refractivity contribution in [3.8, 4) is 0 Å². The molecule has 2 aromatic carbocycles. The van der Waals surface area contributed by atoms with Crippen LogP contribution in [0.1, 0.15) is 10.4 Å². The van der Waals surface area contributed by atoms with Crippen LogP contribution in [0.25, 0.3) is 0 Å². The summed E-state index contributed by atoms with van der Waals surface area (Å²) in [6, 6.07) is 12.8. The van der Waals surface area contributed by atoms with E-state index in [2.05, 4.69) is 0 Å². The predicted octanol–water partition coefficient (Wildman–Crippen LogP) is 2.94. The van der Waals surface area contributed by atoms with Gasteiger partial charge in [-0.05, 0) is 12.1 Å². The molecule has 20 heavy (non-hydrogen) atoms. The number of hydrogen-bond donors (Lipinski definition) is 0. The summed E-state index contributed by atoms with van der Waals surface area (Å²) in [5, 5.41) is -4.50. The fraction of sp³-hybridized carbons (Fsp3) is 0.0714. The zero-order chi connectivity index (χ0) is 14.8. The molecule has 0 aliphatic carbocycles. The molecule has 0 bridgehead atoms. The van der Waals surface area contributed by atoms with Crippen LogP contribution in [0.3, 0.4) is 0 Å². The van der Waals surface area contributed by atoms with Crippen LogP contribution in [0.15, 0.2) is 65.6 Å². The first kappa shape index (κ1) is 14.3. The summed E-state index contributed by atoms with van der Waals surface area (Å²) in [5.74, 6) is -1.73. The van der Waals surface area contributed by atoms with Gasteiger partial charge in [-0.3, -0.25) is 4.79 Å². The van der Waals surface area contributed by atoms with Crippen molar-refractivity contribution in [1.82, 2.24) is 0 Å². The van der Waals surface area contributed by atoms with Crippen molar-refractivity contribution >= 4 is 15.6 Å². The van der Waals surface area contributed by atoms with Gasteiger partial charge in [0, 0.05) is 5.56 Å². The first-order valence-electron chi connectivity index (χ1n) is 5.65. The largest absolute Gasteiger partial charge is 0.411 e. The minimum atomic E-state index is -5.07. The Morgan fingerprint density at radius 1 is 0.850 bits per heavy atom. The molecule has 0 spiro atoms. The van der Waals surface area contributed by atoms with Crippen molar-refractivity contribution in [2.45, 2.75) is 10.2 Å². The number of hydrogen-bond acceptors (Lipinski definition) is 3. The van der Waals surface area contributed by atoms with Gasteiger partial charge in [0.25, 0.3) is 9.84 Å². The summed E-state index contributed by atoms with van der Waals surface area (Å²) in [6.45, 7) is 0. The van der Waals surface area contributed by atoms with Gasteiger partial charge in [-0.1, -0.05) is 48.5 Å². The van der Waals surface area contributed by atoms with Gasteiger partial charge >= 0.3 is 5.25 Å². The van der Waals surface area contributed by atoms with Gasteiger partial charge in [0.15, 0.2) is 0 Å². The van der Waals surface area contributed by atoms with Gasteiger partial charge in [0.1, 0.15) is 0 Å². The van der Waals surface area contributed by atoms with E-state index < -0.39 is 25.8 Å². The summed E-state index contributed by atoms with van der Waals surface area (Å²) in [7, 11) is -5.07. The van der Waals surface area contributed by atoms with E-state index in [1.165, 1.54) is 30.3 Å². The van der Waals surface area contributed by atoms with Gasteiger partial charge in [-0.2, -0.15) is 8.78 Å². The second-order valence-corrected chi connectivity index (χ2v) is 6.02. The number of halogens is 2.